The van der Waals surface area contributed by atoms with E-state index in [0.29, 0.717) is 6.04 Å². The zero-order valence-electron chi connectivity index (χ0n) is 13.3. The summed E-state index contributed by atoms with van der Waals surface area (Å²) in [6.45, 7) is 4.38. The highest BCUT2D eigenvalue weighted by atomic mass is 15.1. The van der Waals surface area contributed by atoms with Crippen molar-refractivity contribution in [3.8, 4) is 60.2 Å². The molecular formula is C20H34N2. The fraction of sp³-hybridized carbons (Fsp3) is 0.200. The first-order valence-corrected chi connectivity index (χ1v) is 6.32. The minimum Gasteiger partial charge on any atom is -0.372 e. The highest BCUT2D eigenvalue weighted by Gasteiger charge is 2.01. The standard InChI is InChI=1S/C10H15N.C10H2.H3N.7H2/c1-9(2)11(3)10-7-5-4-6-8-10;1-3-5-7-9-10-8-6-4-2;;;;;;;;/h4-9H,1-3H3;1-2H;1H3;7*1H. The fourth-order valence-electron chi connectivity index (χ4n) is 1.16. The van der Waals surface area contributed by atoms with Gasteiger partial charge in [-0.25, -0.2) is 0 Å². The van der Waals surface area contributed by atoms with E-state index in [0.717, 1.165) is 0 Å². The molecule has 0 fully saturated rings. The number of hydrogen-bond donors (Lipinski definition) is 1. The largest absolute Gasteiger partial charge is 0.372 e. The predicted molar refractivity (Wildman–Crippen MR) is 111 cm³/mol. The number of nitrogens with zero attached hydrogens (tertiary/aromatic N) is 1. The molecule has 1 rings (SSSR count). The van der Waals surface area contributed by atoms with Crippen molar-refractivity contribution in [1.82, 2.24) is 6.15 Å². The van der Waals surface area contributed by atoms with Crippen LogP contribution >= 0.6 is 0 Å². The molecule has 1 aromatic rings. The van der Waals surface area contributed by atoms with Gasteiger partial charge in [0.05, 0.1) is 0 Å². The molecular weight excluding hydrogens is 268 g/mol. The molecule has 2 heteroatoms. The molecule has 0 aliphatic rings. The zero-order chi connectivity index (χ0) is 15.9. The average Bonchev–Trinajstić information content (AvgIpc) is 2.51. The van der Waals surface area contributed by atoms with E-state index in [4.69, 9.17) is 12.8 Å². The number of para-hydroxylation sites is 1. The molecule has 0 aliphatic carbocycles. The Hall–Kier alpha value is -3.22. The van der Waals surface area contributed by atoms with Gasteiger partial charge in [-0.2, -0.15) is 0 Å². The summed E-state index contributed by atoms with van der Waals surface area (Å²) in [5.41, 5.74) is 1.28. The van der Waals surface area contributed by atoms with Crippen LogP contribution in [-0.4, -0.2) is 13.1 Å². The molecule has 0 atom stereocenters. The highest BCUT2D eigenvalue weighted by Crippen LogP contribution is 2.12. The van der Waals surface area contributed by atoms with Crippen molar-refractivity contribution in [2.45, 2.75) is 19.9 Å². The Balaban J connectivity index is -0.0000000310. The molecule has 2 nitrogen and oxygen atoms in total. The Morgan fingerprint density at radius 3 is 1.64 bits per heavy atom. The van der Waals surface area contributed by atoms with Gasteiger partial charge in [0.1, 0.15) is 0 Å². The Bertz CT molecular complexity index is 669. The second-order valence-corrected chi connectivity index (χ2v) is 4.08. The van der Waals surface area contributed by atoms with Gasteiger partial charge in [0.25, 0.3) is 0 Å². The van der Waals surface area contributed by atoms with Gasteiger partial charge in [-0.15, -0.1) is 12.8 Å². The summed E-state index contributed by atoms with van der Waals surface area (Å²) < 4.78 is 0. The van der Waals surface area contributed by atoms with Gasteiger partial charge in [-0.05, 0) is 73.3 Å². The van der Waals surface area contributed by atoms with Crippen LogP contribution in [0.4, 0.5) is 5.69 Å². The molecule has 0 aliphatic heterocycles. The molecule has 0 unspecified atom stereocenters. The van der Waals surface area contributed by atoms with E-state index in [1.807, 2.05) is 6.07 Å². The minimum absolute atomic E-state index is 0. The van der Waals surface area contributed by atoms with Crippen molar-refractivity contribution in [1.29, 1.82) is 0 Å². The van der Waals surface area contributed by atoms with E-state index in [2.05, 4.69) is 97.4 Å². The molecule has 1 aromatic carbocycles. The Morgan fingerprint density at radius 1 is 0.864 bits per heavy atom. The van der Waals surface area contributed by atoms with E-state index < -0.39 is 0 Å². The molecule has 0 heterocycles. The maximum atomic E-state index is 4.81. The maximum Gasteiger partial charge on any atom is 0.0365 e. The second-order valence-electron chi connectivity index (χ2n) is 4.08. The van der Waals surface area contributed by atoms with Crippen LogP contribution in [0.25, 0.3) is 0 Å². The first-order valence-electron chi connectivity index (χ1n) is 6.32. The normalized spacial score (nSPS) is 6.64. The van der Waals surface area contributed by atoms with Gasteiger partial charge in [0, 0.05) is 28.8 Å². The summed E-state index contributed by atoms with van der Waals surface area (Å²) in [6.07, 6.45) is 9.62. The van der Waals surface area contributed by atoms with Gasteiger partial charge in [0.15, 0.2) is 0 Å². The van der Waals surface area contributed by atoms with Gasteiger partial charge in [-0.3, -0.25) is 0 Å². The van der Waals surface area contributed by atoms with E-state index >= 15 is 0 Å². The van der Waals surface area contributed by atoms with Crippen LogP contribution in [0.2, 0.25) is 0 Å². The van der Waals surface area contributed by atoms with Crippen molar-refractivity contribution in [3.63, 3.8) is 0 Å². The average molecular weight is 303 g/mol. The van der Waals surface area contributed by atoms with Crippen molar-refractivity contribution in [2.75, 3.05) is 11.9 Å². The van der Waals surface area contributed by atoms with Gasteiger partial charge < -0.3 is 11.1 Å². The lowest BCUT2D eigenvalue weighted by Crippen LogP contribution is -2.25. The zero-order valence-corrected chi connectivity index (χ0v) is 13.3. The minimum atomic E-state index is 0. The van der Waals surface area contributed by atoms with Crippen LogP contribution in [-0.2, 0) is 0 Å². The van der Waals surface area contributed by atoms with Crippen LogP contribution in [0.15, 0.2) is 30.3 Å². The van der Waals surface area contributed by atoms with Gasteiger partial charge in [0.2, 0.25) is 0 Å². The number of anilines is 1. The summed E-state index contributed by atoms with van der Waals surface area (Å²) >= 11 is 0. The van der Waals surface area contributed by atoms with Crippen LogP contribution in [0.5, 0.6) is 0 Å². The SMILES string of the molecule is C#CC#CC#CC#CC#C.CC(C)N(C)c1ccccc1.N.[HH].[HH].[HH].[HH].[HH].[HH].[HH]. The molecule has 124 valence electrons. The van der Waals surface area contributed by atoms with Crippen LogP contribution in [0, 0.1) is 60.2 Å². The van der Waals surface area contributed by atoms with Gasteiger partial charge >= 0.3 is 0 Å². The summed E-state index contributed by atoms with van der Waals surface area (Å²) in [5, 5.41) is 0. The van der Waals surface area contributed by atoms with Crippen molar-refractivity contribution >= 4 is 5.69 Å². The molecule has 3 N–H and O–H groups in total. The third kappa shape index (κ3) is 10.7. The van der Waals surface area contributed by atoms with E-state index in [-0.39, 0.29) is 16.1 Å². The quantitative estimate of drug-likeness (QED) is 0.806. The molecule has 0 bridgehead atoms. The number of hydrogen-bond acceptors (Lipinski definition) is 2. The fourth-order valence-corrected chi connectivity index (χ4v) is 1.16. The number of benzene rings is 1. The number of rotatable bonds is 2. The third-order valence-corrected chi connectivity index (χ3v) is 2.39. The lowest BCUT2D eigenvalue weighted by atomic mass is 10.2. The highest BCUT2D eigenvalue weighted by molar-refractivity contribution is 5.45. The maximum absolute atomic E-state index is 4.81. The smallest absolute Gasteiger partial charge is 0.0365 e. The summed E-state index contributed by atoms with van der Waals surface area (Å²) in [7, 11) is 2.11. The number of terminal acetylenes is 2. The van der Waals surface area contributed by atoms with Crippen LogP contribution in [0.1, 0.15) is 23.8 Å². The second kappa shape index (κ2) is 14.2. The van der Waals surface area contributed by atoms with Gasteiger partial charge in [-0.1, -0.05) is 18.2 Å². The molecule has 22 heavy (non-hydrogen) atoms. The Labute approximate surface area is 145 Å². The molecule has 0 saturated carbocycles. The predicted octanol–water partition coefficient (Wildman–Crippen LogP) is 4.68. The van der Waals surface area contributed by atoms with Crippen molar-refractivity contribution < 1.29 is 9.99 Å². The Kier molecular flexibility index (Phi) is 13.6. The summed E-state index contributed by atoms with van der Waals surface area (Å²) in [4.78, 5) is 2.25. The topological polar surface area (TPSA) is 38.2 Å². The first-order chi connectivity index (χ1) is 10.1. The van der Waals surface area contributed by atoms with Crippen molar-refractivity contribution in [3.05, 3.63) is 30.3 Å². The molecule has 0 spiro atoms. The molecule has 0 amide bonds. The third-order valence-electron chi connectivity index (χ3n) is 2.39. The summed E-state index contributed by atoms with van der Waals surface area (Å²) in [5.74, 6) is 18.4. The lowest BCUT2D eigenvalue weighted by Gasteiger charge is -2.23. The monoisotopic (exact) mass is 302 g/mol. The molecule has 0 aromatic heterocycles. The lowest BCUT2D eigenvalue weighted by molar-refractivity contribution is 0.755. The summed E-state index contributed by atoms with van der Waals surface area (Å²) in [6, 6.07) is 11.0. The first kappa shape index (κ1) is 21.1. The van der Waals surface area contributed by atoms with E-state index in [9.17, 15) is 0 Å². The van der Waals surface area contributed by atoms with E-state index in [1.54, 1.807) is 0 Å². The van der Waals surface area contributed by atoms with Crippen LogP contribution < -0.4 is 11.1 Å². The molecule has 0 saturated heterocycles. The Morgan fingerprint density at radius 2 is 1.27 bits per heavy atom. The molecule has 0 radical (unpaired) electrons. The van der Waals surface area contributed by atoms with Crippen LogP contribution in [0.3, 0.4) is 0 Å². The van der Waals surface area contributed by atoms with E-state index in [1.165, 1.54) is 5.69 Å². The van der Waals surface area contributed by atoms with Crippen molar-refractivity contribution in [2.24, 2.45) is 0 Å².